The minimum absolute atomic E-state index is 0.0288. The fourth-order valence-corrected chi connectivity index (χ4v) is 2.72. The Kier molecular flexibility index (Phi) is 2.86. The molecule has 2 rings (SSSR count). The molecule has 0 spiro atoms. The monoisotopic (exact) mass is 255 g/mol. The second-order valence-corrected chi connectivity index (χ2v) is 5.07. The maximum absolute atomic E-state index is 12.0. The van der Waals surface area contributed by atoms with E-state index in [-0.39, 0.29) is 17.0 Å². The summed E-state index contributed by atoms with van der Waals surface area (Å²) in [5, 5.41) is 1.88. The van der Waals surface area contributed by atoms with Crippen molar-refractivity contribution in [3.63, 3.8) is 0 Å². The van der Waals surface area contributed by atoms with Crippen molar-refractivity contribution in [1.29, 1.82) is 0 Å². The number of hydrogen-bond acceptors (Lipinski definition) is 3. The van der Waals surface area contributed by atoms with Gasteiger partial charge in [-0.15, -0.1) is 11.3 Å². The molecule has 0 saturated carbocycles. The Hall–Kier alpha value is -1.13. The van der Waals surface area contributed by atoms with E-state index < -0.39 is 5.91 Å². The highest BCUT2D eigenvalue weighted by atomic mass is 35.5. The molecule has 0 radical (unpaired) electrons. The van der Waals surface area contributed by atoms with E-state index in [9.17, 15) is 9.59 Å². The van der Waals surface area contributed by atoms with E-state index in [1.54, 1.807) is 19.9 Å². The predicted molar refractivity (Wildman–Crippen MR) is 64.1 cm³/mol. The molecular weight excluding hydrogens is 246 g/mol. The van der Waals surface area contributed by atoms with Crippen LogP contribution in [0.25, 0.3) is 5.57 Å². The van der Waals surface area contributed by atoms with Gasteiger partial charge in [0.15, 0.2) is 0 Å². The molecule has 0 fully saturated rings. The van der Waals surface area contributed by atoms with Crippen LogP contribution in [0.3, 0.4) is 0 Å². The molecule has 1 aliphatic heterocycles. The highest BCUT2D eigenvalue weighted by molar-refractivity contribution is 7.11. The molecule has 2 heterocycles. The summed E-state index contributed by atoms with van der Waals surface area (Å²) in [6, 6.07) is 3.44. The lowest BCUT2D eigenvalue weighted by Crippen LogP contribution is -2.37. The van der Waals surface area contributed by atoms with E-state index in [2.05, 4.69) is 0 Å². The number of thiophene rings is 1. The first-order valence-corrected chi connectivity index (χ1v) is 6.11. The van der Waals surface area contributed by atoms with Gasteiger partial charge in [0.1, 0.15) is 5.03 Å². The molecule has 0 N–H and O–H groups in total. The molecule has 0 aromatic carbocycles. The Balaban J connectivity index is 2.48. The Bertz CT molecular complexity index is 476. The summed E-state index contributed by atoms with van der Waals surface area (Å²) < 4.78 is 0. The van der Waals surface area contributed by atoms with Gasteiger partial charge in [0.25, 0.3) is 11.8 Å². The van der Waals surface area contributed by atoms with Crippen LogP contribution in [0.1, 0.15) is 18.7 Å². The molecule has 0 saturated heterocycles. The topological polar surface area (TPSA) is 37.4 Å². The fraction of sp³-hybridized carbons (Fsp3) is 0.273. The molecule has 0 bridgehead atoms. The number of carbonyl (C=O) groups is 2. The van der Waals surface area contributed by atoms with Crippen LogP contribution in [0, 0.1) is 0 Å². The highest BCUT2D eigenvalue weighted by Crippen LogP contribution is 2.34. The summed E-state index contributed by atoms with van der Waals surface area (Å²) in [7, 11) is 0. The van der Waals surface area contributed by atoms with Gasteiger partial charge in [-0.3, -0.25) is 14.5 Å². The first-order chi connectivity index (χ1) is 7.54. The number of rotatable bonds is 2. The lowest BCUT2D eigenvalue weighted by Gasteiger charge is -2.18. The van der Waals surface area contributed by atoms with Crippen LogP contribution >= 0.6 is 22.9 Å². The molecule has 1 aliphatic rings. The third-order valence-electron chi connectivity index (χ3n) is 2.34. The normalized spacial score (nSPS) is 16.9. The molecule has 0 aliphatic carbocycles. The average Bonchev–Trinajstić information content (AvgIpc) is 2.76. The zero-order chi connectivity index (χ0) is 11.9. The summed E-state index contributed by atoms with van der Waals surface area (Å²) >= 11 is 7.33. The van der Waals surface area contributed by atoms with Crippen LogP contribution in [-0.2, 0) is 9.59 Å². The second-order valence-electron chi connectivity index (χ2n) is 3.74. The van der Waals surface area contributed by atoms with Crippen molar-refractivity contribution in [3.8, 4) is 0 Å². The van der Waals surface area contributed by atoms with E-state index in [0.717, 1.165) is 4.88 Å². The molecule has 5 heteroatoms. The van der Waals surface area contributed by atoms with Crippen molar-refractivity contribution < 1.29 is 9.59 Å². The number of carbonyl (C=O) groups excluding carboxylic acids is 2. The molecule has 16 heavy (non-hydrogen) atoms. The lowest BCUT2D eigenvalue weighted by molar-refractivity contribution is -0.138. The van der Waals surface area contributed by atoms with Gasteiger partial charge in [-0.1, -0.05) is 17.7 Å². The maximum atomic E-state index is 12.0. The summed E-state index contributed by atoms with van der Waals surface area (Å²) in [6.45, 7) is 3.58. The van der Waals surface area contributed by atoms with Gasteiger partial charge in [0.05, 0.1) is 5.57 Å². The summed E-state index contributed by atoms with van der Waals surface area (Å²) in [5.74, 6) is -0.697. The standard InChI is InChI=1S/C11H10ClNO2S/c1-6(2)13-10(14)8(9(12)11(13)15)7-4-3-5-16-7/h3-6H,1-2H3. The van der Waals surface area contributed by atoms with Crippen LogP contribution in [-0.4, -0.2) is 22.8 Å². The smallest absolute Gasteiger partial charge is 0.271 e. The van der Waals surface area contributed by atoms with Crippen LogP contribution in [0.2, 0.25) is 0 Å². The van der Waals surface area contributed by atoms with Crippen molar-refractivity contribution in [2.75, 3.05) is 0 Å². The largest absolute Gasteiger partial charge is 0.273 e. The SMILES string of the molecule is CC(C)N1C(=O)C(Cl)=C(c2cccs2)C1=O. The molecule has 0 unspecified atom stereocenters. The van der Waals surface area contributed by atoms with E-state index in [0.29, 0.717) is 5.57 Å². The van der Waals surface area contributed by atoms with Gasteiger partial charge in [-0.05, 0) is 25.3 Å². The van der Waals surface area contributed by atoms with Crippen molar-refractivity contribution in [3.05, 3.63) is 27.4 Å². The van der Waals surface area contributed by atoms with Crippen molar-refractivity contribution in [2.45, 2.75) is 19.9 Å². The van der Waals surface area contributed by atoms with Gasteiger partial charge in [-0.2, -0.15) is 0 Å². The van der Waals surface area contributed by atoms with Crippen molar-refractivity contribution in [1.82, 2.24) is 4.90 Å². The second kappa shape index (κ2) is 4.03. The quantitative estimate of drug-likeness (QED) is 0.762. The first kappa shape index (κ1) is 11.4. The Morgan fingerprint density at radius 1 is 1.31 bits per heavy atom. The van der Waals surface area contributed by atoms with Gasteiger partial charge in [0, 0.05) is 10.9 Å². The zero-order valence-electron chi connectivity index (χ0n) is 8.86. The minimum Gasteiger partial charge on any atom is -0.271 e. The van der Waals surface area contributed by atoms with E-state index in [1.807, 2.05) is 11.4 Å². The van der Waals surface area contributed by atoms with E-state index in [1.165, 1.54) is 16.2 Å². The third kappa shape index (κ3) is 1.58. The van der Waals surface area contributed by atoms with Crippen molar-refractivity contribution >= 4 is 40.3 Å². The van der Waals surface area contributed by atoms with Crippen LogP contribution in [0.5, 0.6) is 0 Å². The number of imide groups is 1. The zero-order valence-corrected chi connectivity index (χ0v) is 10.4. The molecule has 1 aromatic heterocycles. The Labute approximate surface area is 102 Å². The van der Waals surface area contributed by atoms with E-state index in [4.69, 9.17) is 11.6 Å². The predicted octanol–water partition coefficient (Wildman–Crippen LogP) is 2.48. The van der Waals surface area contributed by atoms with Crippen molar-refractivity contribution in [2.24, 2.45) is 0 Å². The Morgan fingerprint density at radius 2 is 2.00 bits per heavy atom. The number of hydrogen-bond donors (Lipinski definition) is 0. The number of halogens is 1. The van der Waals surface area contributed by atoms with Gasteiger partial charge in [0.2, 0.25) is 0 Å². The number of nitrogens with zero attached hydrogens (tertiary/aromatic N) is 1. The van der Waals surface area contributed by atoms with Gasteiger partial charge >= 0.3 is 0 Å². The Morgan fingerprint density at radius 3 is 2.44 bits per heavy atom. The molecule has 3 nitrogen and oxygen atoms in total. The highest BCUT2D eigenvalue weighted by Gasteiger charge is 2.39. The molecular formula is C11H10ClNO2S. The molecule has 1 aromatic rings. The summed E-state index contributed by atoms with van der Waals surface area (Å²) in [4.78, 5) is 25.8. The maximum Gasteiger partial charge on any atom is 0.273 e. The minimum atomic E-state index is -0.398. The summed E-state index contributed by atoms with van der Waals surface area (Å²) in [6.07, 6.45) is 0. The number of amides is 2. The first-order valence-electron chi connectivity index (χ1n) is 4.85. The van der Waals surface area contributed by atoms with E-state index >= 15 is 0 Å². The molecule has 2 amide bonds. The molecule has 0 atom stereocenters. The lowest BCUT2D eigenvalue weighted by atomic mass is 10.2. The summed E-state index contributed by atoms with van der Waals surface area (Å²) in [5.41, 5.74) is 0.329. The van der Waals surface area contributed by atoms with Crippen LogP contribution in [0.15, 0.2) is 22.5 Å². The van der Waals surface area contributed by atoms with Gasteiger partial charge < -0.3 is 0 Å². The molecule has 84 valence electrons. The third-order valence-corrected chi connectivity index (χ3v) is 3.58. The van der Waals surface area contributed by atoms with Crippen LogP contribution < -0.4 is 0 Å². The average molecular weight is 256 g/mol. The van der Waals surface area contributed by atoms with Crippen LogP contribution in [0.4, 0.5) is 0 Å². The fourth-order valence-electron chi connectivity index (χ4n) is 1.62. The van der Waals surface area contributed by atoms with Gasteiger partial charge in [-0.25, -0.2) is 0 Å².